The second-order valence-electron chi connectivity index (χ2n) is 5.67. The number of aromatic nitrogens is 1. The van der Waals surface area contributed by atoms with Gasteiger partial charge in [0.15, 0.2) is 0 Å². The highest BCUT2D eigenvalue weighted by Gasteiger charge is 2.38. The number of aliphatic hydroxyl groups is 2. The maximum atomic E-state index is 12.3. The molecule has 6 heteroatoms. The average Bonchev–Trinajstić information content (AvgIpc) is 2.41. The van der Waals surface area contributed by atoms with Crippen molar-refractivity contribution in [2.45, 2.75) is 25.0 Å². The van der Waals surface area contributed by atoms with E-state index in [1.807, 2.05) is 19.0 Å². The lowest BCUT2D eigenvalue weighted by Crippen LogP contribution is -2.55. The highest BCUT2D eigenvalue weighted by atomic mass is 16.3. The molecule has 1 aromatic heterocycles. The molecule has 110 valence electrons. The van der Waals surface area contributed by atoms with Gasteiger partial charge in [0.1, 0.15) is 5.82 Å². The minimum Gasteiger partial charge on any atom is -0.388 e. The summed E-state index contributed by atoms with van der Waals surface area (Å²) in [5.74, 6) is 0.612. The molecule has 0 radical (unpaired) electrons. The lowest BCUT2D eigenvalue weighted by molar-refractivity contribution is -0.0999. The summed E-state index contributed by atoms with van der Waals surface area (Å²) < 4.78 is 0. The van der Waals surface area contributed by atoms with Crippen LogP contribution in [-0.2, 0) is 0 Å². The lowest BCUT2D eigenvalue weighted by Gasteiger charge is -2.39. The molecule has 0 aliphatic carbocycles. The molecule has 1 amide bonds. The van der Waals surface area contributed by atoms with Gasteiger partial charge in [-0.2, -0.15) is 0 Å². The first-order chi connectivity index (χ1) is 9.31. The van der Waals surface area contributed by atoms with E-state index in [1.54, 1.807) is 24.0 Å². The molecule has 0 spiro atoms. The van der Waals surface area contributed by atoms with Crippen LogP contribution in [0.3, 0.4) is 0 Å². The number of hydrogen-bond acceptors (Lipinski definition) is 5. The van der Waals surface area contributed by atoms with Crippen molar-refractivity contribution in [3.63, 3.8) is 0 Å². The second kappa shape index (κ2) is 5.38. The Hall–Kier alpha value is -1.66. The zero-order valence-electron chi connectivity index (χ0n) is 12.1. The lowest BCUT2D eigenvalue weighted by atomic mass is 9.90. The first kappa shape index (κ1) is 14.7. The SMILES string of the molecule is CN(C)c1ccc(C(=O)N2CCC(C)(O)C(O)C2)cn1. The number of β-amino-alcohol motifs (C(OH)–C–C–N with tert-alkyl or cyclic N) is 1. The fourth-order valence-electron chi connectivity index (χ4n) is 2.17. The predicted molar refractivity (Wildman–Crippen MR) is 75.7 cm³/mol. The molecule has 1 fully saturated rings. The summed E-state index contributed by atoms with van der Waals surface area (Å²) >= 11 is 0. The standard InChI is InChI=1S/C14H21N3O3/c1-14(20)6-7-17(9-11(14)18)13(19)10-4-5-12(15-8-10)16(2)3/h4-5,8,11,18,20H,6-7,9H2,1-3H3. The van der Waals surface area contributed by atoms with Crippen molar-refractivity contribution in [2.75, 3.05) is 32.1 Å². The molecule has 1 aliphatic rings. The van der Waals surface area contributed by atoms with E-state index >= 15 is 0 Å². The van der Waals surface area contributed by atoms with Gasteiger partial charge >= 0.3 is 0 Å². The van der Waals surface area contributed by atoms with Crippen LogP contribution in [0, 0.1) is 0 Å². The number of piperidine rings is 1. The molecule has 0 bridgehead atoms. The summed E-state index contributed by atoms with van der Waals surface area (Å²) in [6.07, 6.45) is 0.981. The van der Waals surface area contributed by atoms with Gasteiger partial charge in [-0.1, -0.05) is 0 Å². The van der Waals surface area contributed by atoms with Gasteiger partial charge in [-0.25, -0.2) is 4.98 Å². The van der Waals surface area contributed by atoms with Crippen molar-refractivity contribution >= 4 is 11.7 Å². The van der Waals surface area contributed by atoms with Crippen LogP contribution in [-0.4, -0.2) is 64.9 Å². The van der Waals surface area contributed by atoms with Gasteiger partial charge in [0, 0.05) is 33.4 Å². The summed E-state index contributed by atoms with van der Waals surface area (Å²) in [5, 5.41) is 19.8. The molecule has 0 aromatic carbocycles. The van der Waals surface area contributed by atoms with Gasteiger partial charge < -0.3 is 20.0 Å². The number of amides is 1. The molecule has 0 saturated carbocycles. The van der Waals surface area contributed by atoms with E-state index in [9.17, 15) is 15.0 Å². The zero-order valence-corrected chi connectivity index (χ0v) is 12.1. The van der Waals surface area contributed by atoms with Crippen molar-refractivity contribution in [1.82, 2.24) is 9.88 Å². The number of rotatable bonds is 2. The first-order valence-electron chi connectivity index (χ1n) is 6.64. The molecular weight excluding hydrogens is 258 g/mol. The molecule has 1 aliphatic heterocycles. The maximum absolute atomic E-state index is 12.3. The molecule has 2 N–H and O–H groups in total. The van der Waals surface area contributed by atoms with Crippen molar-refractivity contribution in [2.24, 2.45) is 0 Å². The van der Waals surface area contributed by atoms with E-state index in [0.29, 0.717) is 18.5 Å². The van der Waals surface area contributed by atoms with Crippen molar-refractivity contribution in [3.05, 3.63) is 23.9 Å². The minimum atomic E-state index is -1.12. The van der Waals surface area contributed by atoms with Gasteiger partial charge in [0.05, 0.1) is 17.3 Å². The molecule has 2 heterocycles. The average molecular weight is 279 g/mol. The number of carbonyl (C=O) groups is 1. The van der Waals surface area contributed by atoms with Crippen LogP contribution in [0.2, 0.25) is 0 Å². The number of hydrogen-bond donors (Lipinski definition) is 2. The summed E-state index contributed by atoms with van der Waals surface area (Å²) in [6, 6.07) is 3.51. The van der Waals surface area contributed by atoms with E-state index in [-0.39, 0.29) is 12.5 Å². The Balaban J connectivity index is 2.08. The van der Waals surface area contributed by atoms with E-state index in [2.05, 4.69) is 4.98 Å². The molecule has 2 atom stereocenters. The molecule has 1 saturated heterocycles. The number of nitrogens with zero attached hydrogens (tertiary/aromatic N) is 3. The number of likely N-dealkylation sites (tertiary alicyclic amines) is 1. The van der Waals surface area contributed by atoms with Crippen molar-refractivity contribution in [3.8, 4) is 0 Å². The fraction of sp³-hybridized carbons (Fsp3) is 0.571. The fourth-order valence-corrected chi connectivity index (χ4v) is 2.17. The highest BCUT2D eigenvalue weighted by molar-refractivity contribution is 5.94. The largest absolute Gasteiger partial charge is 0.388 e. The highest BCUT2D eigenvalue weighted by Crippen LogP contribution is 2.23. The first-order valence-corrected chi connectivity index (χ1v) is 6.64. The van der Waals surface area contributed by atoms with Gasteiger partial charge in [-0.15, -0.1) is 0 Å². The van der Waals surface area contributed by atoms with Gasteiger partial charge in [-0.05, 0) is 25.5 Å². The Bertz CT molecular complexity index is 485. The summed E-state index contributed by atoms with van der Waals surface area (Å²) in [6.45, 7) is 2.16. The monoisotopic (exact) mass is 279 g/mol. The molecule has 2 unspecified atom stereocenters. The number of anilines is 1. The van der Waals surface area contributed by atoms with Crippen LogP contribution in [0.5, 0.6) is 0 Å². The van der Waals surface area contributed by atoms with Crippen LogP contribution in [0.4, 0.5) is 5.82 Å². The Morgan fingerprint density at radius 1 is 1.50 bits per heavy atom. The van der Waals surface area contributed by atoms with Gasteiger partial charge in [-0.3, -0.25) is 4.79 Å². The number of pyridine rings is 1. The van der Waals surface area contributed by atoms with Crippen molar-refractivity contribution in [1.29, 1.82) is 0 Å². The Kier molecular flexibility index (Phi) is 3.96. The van der Waals surface area contributed by atoms with E-state index in [0.717, 1.165) is 5.82 Å². The Morgan fingerprint density at radius 2 is 2.20 bits per heavy atom. The molecule has 2 rings (SSSR count). The van der Waals surface area contributed by atoms with Crippen LogP contribution in [0.15, 0.2) is 18.3 Å². The minimum absolute atomic E-state index is 0.140. The van der Waals surface area contributed by atoms with E-state index in [1.165, 1.54) is 6.20 Å². The van der Waals surface area contributed by atoms with Gasteiger partial charge in [0.25, 0.3) is 5.91 Å². The Morgan fingerprint density at radius 3 is 2.70 bits per heavy atom. The predicted octanol–water partition coefficient (Wildman–Crippen LogP) is 0.105. The van der Waals surface area contributed by atoms with Crippen molar-refractivity contribution < 1.29 is 15.0 Å². The third kappa shape index (κ3) is 2.91. The number of carbonyl (C=O) groups excluding carboxylic acids is 1. The zero-order chi connectivity index (χ0) is 14.9. The second-order valence-corrected chi connectivity index (χ2v) is 5.67. The van der Waals surface area contributed by atoms with Crippen LogP contribution >= 0.6 is 0 Å². The van der Waals surface area contributed by atoms with Gasteiger partial charge in [0.2, 0.25) is 0 Å². The number of aliphatic hydroxyl groups excluding tert-OH is 1. The normalized spacial score (nSPS) is 26.4. The van der Waals surface area contributed by atoms with E-state index in [4.69, 9.17) is 0 Å². The maximum Gasteiger partial charge on any atom is 0.255 e. The summed E-state index contributed by atoms with van der Waals surface area (Å²) in [7, 11) is 3.76. The summed E-state index contributed by atoms with van der Waals surface area (Å²) in [4.78, 5) is 19.9. The van der Waals surface area contributed by atoms with Crippen LogP contribution < -0.4 is 4.90 Å². The smallest absolute Gasteiger partial charge is 0.255 e. The van der Waals surface area contributed by atoms with Crippen LogP contribution in [0.25, 0.3) is 0 Å². The Labute approximate surface area is 118 Å². The third-order valence-corrected chi connectivity index (χ3v) is 3.74. The third-order valence-electron chi connectivity index (χ3n) is 3.74. The topological polar surface area (TPSA) is 76.9 Å². The van der Waals surface area contributed by atoms with E-state index < -0.39 is 11.7 Å². The molecule has 6 nitrogen and oxygen atoms in total. The quantitative estimate of drug-likeness (QED) is 0.803. The molecule has 1 aromatic rings. The molecular formula is C14H21N3O3. The summed E-state index contributed by atoms with van der Waals surface area (Å²) in [5.41, 5.74) is -0.631. The van der Waals surface area contributed by atoms with Crippen LogP contribution in [0.1, 0.15) is 23.7 Å². The molecule has 20 heavy (non-hydrogen) atoms.